The van der Waals surface area contributed by atoms with Crippen molar-refractivity contribution in [3.63, 3.8) is 0 Å². The molecule has 0 saturated carbocycles. The number of hydrogen-bond donors (Lipinski definition) is 2. The molecule has 0 unspecified atom stereocenters. The number of benzene rings is 4. The smallest absolute Gasteiger partial charge is 0.872 e. The molecule has 4 aromatic carbocycles. The third-order valence-corrected chi connectivity index (χ3v) is 11.4. The molecule has 0 atom stereocenters. The molecule has 4 aromatic rings. The van der Waals surface area contributed by atoms with Gasteiger partial charge in [0.15, 0.2) is 0 Å². The topological polar surface area (TPSA) is 173 Å². The molecule has 0 radical (unpaired) electrons. The minimum absolute atomic E-state index is 0. The van der Waals surface area contributed by atoms with Crippen molar-refractivity contribution < 1.29 is 45.6 Å². The van der Waals surface area contributed by atoms with Crippen LogP contribution in [0.25, 0.3) is 0 Å². The first-order valence-corrected chi connectivity index (χ1v) is 23.8. The maximum absolute atomic E-state index is 11.7. The molecular formula is C46H62CaO10S2. The van der Waals surface area contributed by atoms with Gasteiger partial charge in [0.2, 0.25) is 0 Å². The van der Waals surface area contributed by atoms with E-state index in [2.05, 4.69) is 13.8 Å². The van der Waals surface area contributed by atoms with Crippen molar-refractivity contribution in [1.82, 2.24) is 0 Å². The quantitative estimate of drug-likeness (QED) is 0.0351. The number of unbranched alkanes of at least 4 members (excludes halogenated alkanes) is 16. The van der Waals surface area contributed by atoms with Crippen molar-refractivity contribution in [2.24, 2.45) is 0 Å². The fourth-order valence-corrected chi connectivity index (χ4v) is 7.70. The van der Waals surface area contributed by atoms with Gasteiger partial charge in [-0.1, -0.05) is 159 Å². The van der Waals surface area contributed by atoms with E-state index < -0.39 is 35.8 Å². The van der Waals surface area contributed by atoms with Crippen molar-refractivity contribution in [3.8, 4) is 34.5 Å². The zero-order valence-corrected chi connectivity index (χ0v) is 38.8. The molecule has 0 saturated heterocycles. The largest absolute Gasteiger partial charge is 2.00 e. The van der Waals surface area contributed by atoms with Gasteiger partial charge in [0.05, 0.1) is 4.90 Å². The van der Waals surface area contributed by atoms with Gasteiger partial charge in [-0.3, -0.25) is 4.55 Å². The molecule has 0 spiro atoms. The maximum atomic E-state index is 11.7. The van der Waals surface area contributed by atoms with Gasteiger partial charge in [-0.2, -0.15) is 8.42 Å². The summed E-state index contributed by atoms with van der Waals surface area (Å²) in [6.07, 6.45) is 24.3. The van der Waals surface area contributed by atoms with Gasteiger partial charge in [-0.25, -0.2) is 8.42 Å². The minimum atomic E-state index is -4.71. The molecule has 0 amide bonds. The van der Waals surface area contributed by atoms with Crippen LogP contribution in [0.15, 0.2) is 94.7 Å². The number of phenolic OH excluding ortho intramolecular Hbond substituents is 1. The zero-order valence-electron chi connectivity index (χ0n) is 34.9. The van der Waals surface area contributed by atoms with E-state index in [1.165, 1.54) is 115 Å². The fraction of sp³-hybridized carbons (Fsp3) is 0.478. The van der Waals surface area contributed by atoms with Crippen LogP contribution in [-0.4, -0.2) is 68.8 Å². The molecule has 13 heteroatoms. The van der Waals surface area contributed by atoms with Gasteiger partial charge in [0.25, 0.3) is 10.1 Å². The van der Waals surface area contributed by atoms with Crippen molar-refractivity contribution in [2.45, 2.75) is 152 Å². The predicted molar refractivity (Wildman–Crippen MR) is 232 cm³/mol. The summed E-state index contributed by atoms with van der Waals surface area (Å²) in [7, 11) is -9.13. The van der Waals surface area contributed by atoms with Gasteiger partial charge in [0.1, 0.15) is 43.8 Å². The Bertz CT molecular complexity index is 1870. The first-order valence-electron chi connectivity index (χ1n) is 20.9. The molecule has 10 nitrogen and oxygen atoms in total. The fourth-order valence-electron chi connectivity index (χ4n) is 6.64. The van der Waals surface area contributed by atoms with Crippen LogP contribution >= 0.6 is 0 Å². The Morgan fingerprint density at radius 2 is 0.915 bits per heavy atom. The Labute approximate surface area is 383 Å². The molecule has 320 valence electrons. The molecule has 0 aliphatic heterocycles. The molecule has 4 rings (SSSR count). The Morgan fingerprint density at radius 3 is 1.34 bits per heavy atom. The van der Waals surface area contributed by atoms with Gasteiger partial charge < -0.3 is 24.2 Å². The van der Waals surface area contributed by atoms with Crippen molar-refractivity contribution >= 4 is 58.0 Å². The van der Waals surface area contributed by atoms with E-state index >= 15 is 0 Å². The summed E-state index contributed by atoms with van der Waals surface area (Å²) in [4.78, 5) is -0.972. The van der Waals surface area contributed by atoms with Crippen LogP contribution in [0.3, 0.4) is 0 Å². The number of aromatic hydroxyl groups is 1. The first kappa shape index (κ1) is 52.3. The molecule has 2 N–H and O–H groups in total. The summed E-state index contributed by atoms with van der Waals surface area (Å²) in [6, 6.07) is 21.7. The van der Waals surface area contributed by atoms with E-state index in [1.54, 1.807) is 6.07 Å². The molecule has 0 fully saturated rings. The average molecular weight is 879 g/mol. The average Bonchev–Trinajstić information content (AvgIpc) is 3.17. The van der Waals surface area contributed by atoms with E-state index in [-0.39, 0.29) is 55.0 Å². The van der Waals surface area contributed by atoms with Gasteiger partial charge in [-0.05, 0) is 61.1 Å². The van der Waals surface area contributed by atoms with Crippen LogP contribution in [0.2, 0.25) is 0 Å². The third-order valence-electron chi connectivity index (χ3n) is 9.81. The second kappa shape index (κ2) is 28.6. The molecule has 0 aliphatic carbocycles. The summed E-state index contributed by atoms with van der Waals surface area (Å²) in [5, 5.41) is 21.4. The Hall–Kier alpha value is -2.84. The van der Waals surface area contributed by atoms with Gasteiger partial charge in [-0.15, -0.1) is 5.75 Å². The van der Waals surface area contributed by atoms with Crippen LogP contribution in [0.4, 0.5) is 0 Å². The van der Waals surface area contributed by atoms with E-state index in [0.29, 0.717) is 11.5 Å². The number of hydrogen-bond acceptors (Lipinski definition) is 9. The molecule has 0 heterocycles. The molecule has 59 heavy (non-hydrogen) atoms. The normalized spacial score (nSPS) is 11.3. The SMILES string of the molecule is CCCCCCCCCCCc1ccccc1Oc1cc(O)cc(S(=O)(=O)O)c1.CCCCCCCCCCCc1ccccc1Oc1cc([O-])cc(S(=O)(=O)[O-])c1.[Ca+2]. The predicted octanol–water partition coefficient (Wildman–Crippen LogP) is 11.7. The summed E-state index contributed by atoms with van der Waals surface area (Å²) >= 11 is 0. The number of aryl methyl sites for hydroxylation is 2. The summed E-state index contributed by atoms with van der Waals surface area (Å²) < 4.78 is 77.1. The maximum Gasteiger partial charge on any atom is 2.00 e. The van der Waals surface area contributed by atoms with Crippen molar-refractivity contribution in [2.75, 3.05) is 0 Å². The second-order valence-corrected chi connectivity index (χ2v) is 17.6. The minimum Gasteiger partial charge on any atom is -0.872 e. The summed E-state index contributed by atoms with van der Waals surface area (Å²) in [6.45, 7) is 4.46. The molecule has 0 bridgehead atoms. The third kappa shape index (κ3) is 21.5. The van der Waals surface area contributed by atoms with E-state index in [9.17, 15) is 36.2 Å². The summed E-state index contributed by atoms with van der Waals surface area (Å²) in [5.74, 6) is 0.564. The first-order chi connectivity index (χ1) is 27.8. The van der Waals surface area contributed by atoms with E-state index in [0.717, 1.165) is 61.4 Å². The number of para-hydroxylation sites is 2. The monoisotopic (exact) mass is 878 g/mol. The van der Waals surface area contributed by atoms with Gasteiger partial charge in [0, 0.05) is 18.2 Å². The van der Waals surface area contributed by atoms with Crippen molar-refractivity contribution in [3.05, 3.63) is 96.1 Å². The number of phenols is 1. The van der Waals surface area contributed by atoms with Crippen LogP contribution in [0.5, 0.6) is 34.5 Å². The van der Waals surface area contributed by atoms with E-state index in [1.807, 2.05) is 42.5 Å². The van der Waals surface area contributed by atoms with Crippen LogP contribution in [0, 0.1) is 0 Å². The molecule has 0 aliphatic rings. The summed E-state index contributed by atoms with van der Waals surface area (Å²) in [5.41, 5.74) is 2.03. The molecular weight excluding hydrogens is 817 g/mol. The van der Waals surface area contributed by atoms with Gasteiger partial charge >= 0.3 is 37.7 Å². The Morgan fingerprint density at radius 1 is 0.525 bits per heavy atom. The second-order valence-electron chi connectivity index (χ2n) is 14.8. The van der Waals surface area contributed by atoms with Crippen LogP contribution in [0.1, 0.15) is 141 Å². The van der Waals surface area contributed by atoms with E-state index in [4.69, 9.17) is 9.47 Å². The van der Waals surface area contributed by atoms with Crippen molar-refractivity contribution in [1.29, 1.82) is 0 Å². The zero-order chi connectivity index (χ0) is 42.2. The Balaban J connectivity index is 0.000000400. The molecule has 0 aromatic heterocycles. The van der Waals surface area contributed by atoms with Crippen LogP contribution in [-0.2, 0) is 33.1 Å². The number of rotatable bonds is 26. The number of ether oxygens (including phenoxy) is 2. The Kier molecular flexibility index (Phi) is 25.4. The van der Waals surface area contributed by atoms with Crippen LogP contribution < -0.4 is 14.6 Å². The standard InChI is InChI=1S/2C23H32O5S.Ca/c2*1-2-3-4-5-6-7-8-9-10-13-19-14-11-12-15-23(19)28-21-16-20(24)17-22(18-21)29(25,26)27;/h2*11-12,14-18,24H,2-10,13H2,1H3,(H,25,26,27);/q;;+2/p-2.